The lowest BCUT2D eigenvalue weighted by Gasteiger charge is -2.36. The van der Waals surface area contributed by atoms with Crippen molar-refractivity contribution in [2.24, 2.45) is 0 Å². The highest BCUT2D eigenvalue weighted by Gasteiger charge is 2.52. The molecule has 1 aliphatic heterocycles. The molecule has 0 aromatic heterocycles. The van der Waals surface area contributed by atoms with Crippen molar-refractivity contribution in [1.82, 2.24) is 15.5 Å². The Labute approximate surface area is 161 Å². The van der Waals surface area contributed by atoms with E-state index in [9.17, 15) is 18.0 Å². The van der Waals surface area contributed by atoms with Crippen LogP contribution in [0, 0.1) is 0 Å². The Balaban J connectivity index is 0.00000243. The average Bonchev–Trinajstić information content (AvgIpc) is 3.37. The van der Waals surface area contributed by atoms with Crippen LogP contribution < -0.4 is 10.6 Å². The summed E-state index contributed by atoms with van der Waals surface area (Å²) in [6.07, 6.45) is -3.09. The smallest absolute Gasteiger partial charge is 0.353 e. The van der Waals surface area contributed by atoms with E-state index < -0.39 is 24.2 Å². The molecule has 1 aromatic rings. The van der Waals surface area contributed by atoms with Crippen molar-refractivity contribution >= 4 is 29.9 Å². The Morgan fingerprint density at radius 2 is 1.81 bits per heavy atom. The highest BCUT2D eigenvalue weighted by molar-refractivity contribution is 6.30. The van der Waals surface area contributed by atoms with Crippen molar-refractivity contribution in [3.63, 3.8) is 0 Å². The molecule has 0 radical (unpaired) electrons. The van der Waals surface area contributed by atoms with Crippen molar-refractivity contribution in [1.29, 1.82) is 0 Å². The van der Waals surface area contributed by atoms with Crippen LogP contribution in [0.25, 0.3) is 0 Å². The van der Waals surface area contributed by atoms with Gasteiger partial charge in [0, 0.05) is 37.7 Å². The van der Waals surface area contributed by atoms with E-state index in [4.69, 9.17) is 11.6 Å². The summed E-state index contributed by atoms with van der Waals surface area (Å²) in [7, 11) is 0. The van der Waals surface area contributed by atoms with Gasteiger partial charge in [0.2, 0.25) is 5.91 Å². The van der Waals surface area contributed by atoms with Crippen molar-refractivity contribution in [3.05, 3.63) is 34.9 Å². The predicted molar refractivity (Wildman–Crippen MR) is 96.9 cm³/mol. The van der Waals surface area contributed by atoms with E-state index in [0.29, 0.717) is 44.0 Å². The van der Waals surface area contributed by atoms with Crippen molar-refractivity contribution in [3.8, 4) is 0 Å². The molecule has 1 heterocycles. The van der Waals surface area contributed by atoms with Gasteiger partial charge in [0.25, 0.3) is 0 Å². The van der Waals surface area contributed by atoms with Gasteiger partial charge in [-0.3, -0.25) is 9.69 Å². The average molecular weight is 412 g/mol. The first kappa shape index (κ1) is 21.3. The summed E-state index contributed by atoms with van der Waals surface area (Å²) in [5.74, 6) is -0.334. The molecule has 1 amide bonds. The van der Waals surface area contributed by atoms with Crippen LogP contribution in [0.3, 0.4) is 0 Å². The molecule has 0 spiro atoms. The number of amides is 1. The Kier molecular flexibility index (Phi) is 6.82. The maximum absolute atomic E-state index is 13.4. The summed E-state index contributed by atoms with van der Waals surface area (Å²) in [5, 5.41) is 6.15. The maximum Gasteiger partial charge on any atom is 0.405 e. The van der Waals surface area contributed by atoms with Gasteiger partial charge >= 0.3 is 6.18 Å². The quantitative estimate of drug-likeness (QED) is 0.782. The van der Waals surface area contributed by atoms with Gasteiger partial charge in [-0.25, -0.2) is 0 Å². The van der Waals surface area contributed by atoms with Gasteiger partial charge in [-0.15, -0.1) is 12.4 Å². The topological polar surface area (TPSA) is 44.4 Å². The minimum absolute atomic E-state index is 0. The number of nitrogens with zero attached hydrogens (tertiary/aromatic N) is 1. The molecule has 26 heavy (non-hydrogen) atoms. The molecule has 1 aliphatic carbocycles. The predicted octanol–water partition coefficient (Wildman–Crippen LogP) is 2.75. The molecule has 2 N–H and O–H groups in total. The highest BCUT2D eigenvalue weighted by atomic mass is 35.5. The number of carbonyl (C=O) groups excluding carboxylic acids is 1. The molecule has 4 nitrogen and oxygen atoms in total. The molecular weight excluding hydrogens is 390 g/mol. The second-order valence-corrected chi connectivity index (χ2v) is 7.08. The van der Waals surface area contributed by atoms with E-state index in [0.717, 1.165) is 5.56 Å². The molecule has 0 bridgehead atoms. The highest BCUT2D eigenvalue weighted by Crippen LogP contribution is 2.48. The molecule has 3 rings (SSSR count). The fourth-order valence-electron chi connectivity index (χ4n) is 3.34. The minimum Gasteiger partial charge on any atom is -0.353 e. The number of hydrogen-bond donors (Lipinski definition) is 2. The second kappa shape index (κ2) is 8.33. The molecule has 1 aromatic carbocycles. The summed E-state index contributed by atoms with van der Waals surface area (Å²) in [6, 6.07) is 5.28. The van der Waals surface area contributed by atoms with E-state index in [1.807, 2.05) is 0 Å². The largest absolute Gasteiger partial charge is 0.405 e. The number of alkyl halides is 3. The fraction of sp³-hybridized carbons (Fsp3) is 0.588. The van der Waals surface area contributed by atoms with Gasteiger partial charge in [-0.2, -0.15) is 13.2 Å². The zero-order valence-electron chi connectivity index (χ0n) is 14.1. The third-order valence-electron chi connectivity index (χ3n) is 5.01. The number of carbonyl (C=O) groups is 1. The van der Waals surface area contributed by atoms with Gasteiger partial charge in [0.1, 0.15) is 6.04 Å². The Morgan fingerprint density at radius 3 is 2.31 bits per heavy atom. The lowest BCUT2D eigenvalue weighted by atomic mass is 9.95. The van der Waals surface area contributed by atoms with Gasteiger partial charge in [0.05, 0.1) is 5.41 Å². The van der Waals surface area contributed by atoms with Crippen LogP contribution in [0.4, 0.5) is 13.2 Å². The van der Waals surface area contributed by atoms with Gasteiger partial charge in [-0.05, 0) is 30.5 Å². The zero-order chi connectivity index (χ0) is 18.1. The van der Waals surface area contributed by atoms with Crippen LogP contribution >= 0.6 is 24.0 Å². The lowest BCUT2D eigenvalue weighted by Crippen LogP contribution is -2.58. The maximum atomic E-state index is 13.4. The molecule has 1 unspecified atom stereocenters. The van der Waals surface area contributed by atoms with Crippen molar-refractivity contribution in [2.45, 2.75) is 30.5 Å². The van der Waals surface area contributed by atoms with Crippen molar-refractivity contribution < 1.29 is 18.0 Å². The summed E-state index contributed by atoms with van der Waals surface area (Å²) >= 11 is 5.86. The van der Waals surface area contributed by atoms with Crippen LogP contribution in [-0.4, -0.2) is 55.7 Å². The van der Waals surface area contributed by atoms with Crippen LogP contribution in [0.15, 0.2) is 24.3 Å². The van der Waals surface area contributed by atoms with Crippen LogP contribution in [0.1, 0.15) is 18.4 Å². The Hall–Kier alpha value is -1.02. The molecule has 2 aliphatic rings. The number of halogens is 5. The van der Waals surface area contributed by atoms with Crippen LogP contribution in [0.5, 0.6) is 0 Å². The van der Waals surface area contributed by atoms with E-state index in [2.05, 4.69) is 10.6 Å². The number of hydrogen-bond acceptors (Lipinski definition) is 3. The molecule has 1 atom stereocenters. The first-order valence-corrected chi connectivity index (χ1v) is 8.76. The van der Waals surface area contributed by atoms with Gasteiger partial charge in [0.15, 0.2) is 0 Å². The minimum atomic E-state index is -4.37. The second-order valence-electron chi connectivity index (χ2n) is 6.64. The Morgan fingerprint density at radius 1 is 1.23 bits per heavy atom. The summed E-state index contributed by atoms with van der Waals surface area (Å²) < 4.78 is 40.2. The third kappa shape index (κ3) is 4.63. The lowest BCUT2D eigenvalue weighted by molar-refractivity contribution is -0.184. The summed E-state index contributed by atoms with van der Waals surface area (Å²) in [4.78, 5) is 14.0. The van der Waals surface area contributed by atoms with E-state index in [-0.39, 0.29) is 18.3 Å². The van der Waals surface area contributed by atoms with Gasteiger partial charge < -0.3 is 10.6 Å². The third-order valence-corrected chi connectivity index (χ3v) is 5.26. The monoisotopic (exact) mass is 411 g/mol. The van der Waals surface area contributed by atoms with E-state index in [1.165, 1.54) is 4.90 Å². The van der Waals surface area contributed by atoms with Crippen LogP contribution in [0.2, 0.25) is 5.02 Å². The SMILES string of the molecule is Cl.O=C(NCC(N1CCNCC1)C(F)(F)F)C1(c2ccc(Cl)cc2)CC1. The Bertz CT molecular complexity index is 615. The van der Waals surface area contributed by atoms with Gasteiger partial charge in [-0.1, -0.05) is 23.7 Å². The molecule has 2 fully saturated rings. The molecule has 1 saturated carbocycles. The molecular formula is C17H22Cl2F3N3O. The standard InChI is InChI=1S/C17H21ClF3N3O.ClH/c18-13-3-1-12(2-4-13)16(5-6-16)15(25)23-11-14(17(19,20)21)24-9-7-22-8-10-24;/h1-4,14,22H,5-11H2,(H,23,25);1H. The molecule has 9 heteroatoms. The number of piperazine rings is 1. The summed E-state index contributed by atoms with van der Waals surface area (Å²) in [5.41, 5.74) is 0.102. The summed E-state index contributed by atoms with van der Waals surface area (Å²) in [6.45, 7) is 1.27. The van der Waals surface area contributed by atoms with E-state index >= 15 is 0 Å². The fourth-order valence-corrected chi connectivity index (χ4v) is 3.47. The number of rotatable bonds is 5. The zero-order valence-corrected chi connectivity index (χ0v) is 15.7. The normalized spacial score (nSPS) is 20.8. The first-order valence-electron chi connectivity index (χ1n) is 8.39. The first-order chi connectivity index (χ1) is 11.8. The number of benzene rings is 1. The molecule has 1 saturated heterocycles. The number of nitrogens with one attached hydrogen (secondary N) is 2. The van der Waals surface area contributed by atoms with Crippen LogP contribution in [-0.2, 0) is 10.2 Å². The van der Waals surface area contributed by atoms with E-state index in [1.54, 1.807) is 24.3 Å². The molecule has 146 valence electrons. The van der Waals surface area contributed by atoms with Crippen molar-refractivity contribution in [2.75, 3.05) is 32.7 Å².